The van der Waals surface area contributed by atoms with Gasteiger partial charge < -0.3 is 19.6 Å². The Morgan fingerprint density at radius 2 is 1.81 bits per heavy atom. The summed E-state index contributed by atoms with van der Waals surface area (Å²) in [5.74, 6) is 1.11. The summed E-state index contributed by atoms with van der Waals surface area (Å²) in [6.45, 7) is 5.30. The third-order valence-electron chi connectivity index (χ3n) is 7.83. The minimum absolute atomic E-state index is 0.121. The van der Waals surface area contributed by atoms with Gasteiger partial charge in [-0.05, 0) is 50.9 Å². The quantitative estimate of drug-likeness (QED) is 0.799. The van der Waals surface area contributed by atoms with Crippen LogP contribution in [0.2, 0.25) is 0 Å². The molecule has 0 radical (unpaired) electrons. The van der Waals surface area contributed by atoms with Crippen molar-refractivity contribution in [3.63, 3.8) is 0 Å². The van der Waals surface area contributed by atoms with Crippen molar-refractivity contribution in [2.75, 3.05) is 46.4 Å². The van der Waals surface area contributed by atoms with Crippen LogP contribution < -0.4 is 0 Å². The predicted molar refractivity (Wildman–Crippen MR) is 105 cm³/mol. The second kappa shape index (κ2) is 8.00. The molecule has 4 aliphatic rings. The first-order valence-electron chi connectivity index (χ1n) is 11.3. The molecule has 4 rings (SSSR count). The van der Waals surface area contributed by atoms with Crippen molar-refractivity contribution in [1.82, 2.24) is 9.80 Å². The number of nitrogens with zero attached hydrogens (tertiary/aromatic N) is 2. The number of carbonyl (C=O) groups excluding carboxylic acids is 1. The van der Waals surface area contributed by atoms with E-state index in [1.165, 1.54) is 38.6 Å². The largest absolute Gasteiger partial charge is 0.392 e. The standard InChI is InChI=1S/C22H38N2O3/c1-27-17-21(10-11-21)20(26)24-12-5-9-22(16-24)15-23(13-8-19(22)25)14-18-6-3-2-4-7-18/h18-19,25H,2-17H2,1H3/t19?,22-/m1/s1. The van der Waals surface area contributed by atoms with Crippen molar-refractivity contribution < 1.29 is 14.6 Å². The van der Waals surface area contributed by atoms with Crippen LogP contribution in [0.15, 0.2) is 0 Å². The Morgan fingerprint density at radius 3 is 2.52 bits per heavy atom. The van der Waals surface area contributed by atoms with Gasteiger partial charge in [0.1, 0.15) is 0 Å². The summed E-state index contributed by atoms with van der Waals surface area (Å²) in [5.41, 5.74) is -0.376. The summed E-state index contributed by atoms with van der Waals surface area (Å²) in [6, 6.07) is 0. The molecule has 5 heteroatoms. The van der Waals surface area contributed by atoms with Gasteiger partial charge in [-0.2, -0.15) is 0 Å². The lowest BCUT2D eigenvalue weighted by atomic mass is 9.71. The molecule has 2 heterocycles. The summed E-state index contributed by atoms with van der Waals surface area (Å²) in [7, 11) is 1.69. The number of likely N-dealkylation sites (tertiary alicyclic amines) is 2. The smallest absolute Gasteiger partial charge is 0.231 e. The van der Waals surface area contributed by atoms with Crippen molar-refractivity contribution in [2.45, 2.75) is 70.3 Å². The number of aliphatic hydroxyl groups excluding tert-OH is 1. The van der Waals surface area contributed by atoms with Crippen LogP contribution in [0.4, 0.5) is 0 Å². The molecule has 0 aromatic rings. The average Bonchev–Trinajstić information content (AvgIpc) is 3.46. The molecular weight excluding hydrogens is 340 g/mol. The van der Waals surface area contributed by atoms with Gasteiger partial charge in [-0.15, -0.1) is 0 Å². The molecule has 1 amide bonds. The van der Waals surface area contributed by atoms with E-state index in [1.54, 1.807) is 7.11 Å². The van der Waals surface area contributed by atoms with Crippen LogP contribution in [0.25, 0.3) is 0 Å². The summed E-state index contributed by atoms with van der Waals surface area (Å²) < 4.78 is 5.34. The van der Waals surface area contributed by atoms with Crippen molar-refractivity contribution in [2.24, 2.45) is 16.7 Å². The van der Waals surface area contributed by atoms with Gasteiger partial charge in [-0.25, -0.2) is 0 Å². The van der Waals surface area contributed by atoms with E-state index in [0.717, 1.165) is 64.2 Å². The molecule has 0 bridgehead atoms. The van der Waals surface area contributed by atoms with Crippen molar-refractivity contribution in [3.8, 4) is 0 Å². The lowest BCUT2D eigenvalue weighted by Crippen LogP contribution is -2.61. The molecule has 1 spiro atoms. The van der Waals surface area contributed by atoms with Crippen LogP contribution in [0.3, 0.4) is 0 Å². The molecule has 2 saturated heterocycles. The predicted octanol–water partition coefficient (Wildman–Crippen LogP) is 2.67. The Kier molecular flexibility index (Phi) is 5.82. The third kappa shape index (κ3) is 4.06. The maximum absolute atomic E-state index is 13.2. The molecule has 0 aromatic carbocycles. The van der Waals surface area contributed by atoms with Crippen molar-refractivity contribution in [3.05, 3.63) is 0 Å². The monoisotopic (exact) mass is 378 g/mol. The van der Waals surface area contributed by atoms with E-state index in [-0.39, 0.29) is 22.8 Å². The molecule has 27 heavy (non-hydrogen) atoms. The molecule has 2 saturated carbocycles. The fraction of sp³-hybridized carbons (Fsp3) is 0.955. The fourth-order valence-electron chi connectivity index (χ4n) is 6.05. The SMILES string of the molecule is COCC1(C(=O)N2CCC[C@@]3(CN(CC4CCCCC4)CCC3O)C2)CC1. The zero-order valence-corrected chi connectivity index (χ0v) is 17.1. The normalized spacial score (nSPS) is 34.7. The Morgan fingerprint density at radius 1 is 1.04 bits per heavy atom. The Hall–Kier alpha value is -0.650. The number of amides is 1. The maximum atomic E-state index is 13.2. The van der Waals surface area contributed by atoms with Gasteiger partial charge in [-0.3, -0.25) is 4.79 Å². The zero-order valence-electron chi connectivity index (χ0n) is 17.1. The summed E-state index contributed by atoms with van der Waals surface area (Å²) in [5, 5.41) is 10.9. The molecule has 1 N–H and O–H groups in total. The highest BCUT2D eigenvalue weighted by Crippen LogP contribution is 2.49. The van der Waals surface area contributed by atoms with Crippen LogP contribution in [0, 0.1) is 16.7 Å². The van der Waals surface area contributed by atoms with E-state index >= 15 is 0 Å². The van der Waals surface area contributed by atoms with E-state index in [2.05, 4.69) is 9.80 Å². The number of aliphatic hydroxyl groups is 1. The summed E-state index contributed by atoms with van der Waals surface area (Å²) in [4.78, 5) is 17.8. The number of ether oxygens (including phenoxy) is 1. The molecule has 1 unspecified atom stereocenters. The molecular formula is C22H38N2O3. The summed E-state index contributed by atoms with van der Waals surface area (Å²) in [6.07, 6.45) is 11.5. The van der Waals surface area contributed by atoms with Crippen LogP contribution in [0.1, 0.15) is 64.2 Å². The van der Waals surface area contributed by atoms with Gasteiger partial charge in [-0.1, -0.05) is 19.3 Å². The minimum atomic E-state index is -0.270. The highest BCUT2D eigenvalue weighted by molar-refractivity contribution is 5.85. The van der Waals surface area contributed by atoms with Crippen molar-refractivity contribution in [1.29, 1.82) is 0 Å². The first-order chi connectivity index (χ1) is 13.1. The molecule has 2 aliphatic heterocycles. The van der Waals surface area contributed by atoms with E-state index in [9.17, 15) is 9.90 Å². The molecule has 154 valence electrons. The molecule has 0 aromatic heterocycles. The van der Waals surface area contributed by atoms with Gasteiger partial charge in [0.15, 0.2) is 0 Å². The molecule has 2 atom stereocenters. The van der Waals surface area contributed by atoms with Crippen LogP contribution in [-0.2, 0) is 9.53 Å². The van der Waals surface area contributed by atoms with Gasteiger partial charge in [0.05, 0.1) is 18.1 Å². The number of rotatable bonds is 5. The highest BCUT2D eigenvalue weighted by atomic mass is 16.5. The van der Waals surface area contributed by atoms with Crippen LogP contribution in [0.5, 0.6) is 0 Å². The minimum Gasteiger partial charge on any atom is -0.392 e. The zero-order chi connectivity index (χ0) is 18.9. The number of hydrogen-bond donors (Lipinski definition) is 1. The van der Waals surface area contributed by atoms with Gasteiger partial charge in [0, 0.05) is 45.2 Å². The Balaban J connectivity index is 1.41. The Bertz CT molecular complexity index is 530. The lowest BCUT2D eigenvalue weighted by molar-refractivity contribution is -0.149. The van der Waals surface area contributed by atoms with Crippen LogP contribution in [-0.4, -0.2) is 73.4 Å². The number of carbonyl (C=O) groups is 1. The van der Waals surface area contributed by atoms with E-state index in [4.69, 9.17) is 4.74 Å². The number of hydrogen-bond acceptors (Lipinski definition) is 4. The number of methoxy groups -OCH3 is 1. The number of piperidine rings is 2. The first kappa shape index (κ1) is 19.7. The van der Waals surface area contributed by atoms with Gasteiger partial charge in [0.25, 0.3) is 0 Å². The third-order valence-corrected chi connectivity index (χ3v) is 7.83. The van der Waals surface area contributed by atoms with Crippen molar-refractivity contribution >= 4 is 5.91 Å². The van der Waals surface area contributed by atoms with Gasteiger partial charge >= 0.3 is 0 Å². The highest BCUT2D eigenvalue weighted by Gasteiger charge is 2.54. The van der Waals surface area contributed by atoms with Gasteiger partial charge in [0.2, 0.25) is 5.91 Å². The lowest BCUT2D eigenvalue weighted by Gasteiger charge is -2.52. The second-order valence-electron chi connectivity index (χ2n) is 9.95. The van der Waals surface area contributed by atoms with E-state index in [0.29, 0.717) is 6.61 Å². The molecule has 2 aliphatic carbocycles. The topological polar surface area (TPSA) is 53.0 Å². The second-order valence-corrected chi connectivity index (χ2v) is 9.95. The first-order valence-corrected chi connectivity index (χ1v) is 11.3. The molecule has 5 nitrogen and oxygen atoms in total. The average molecular weight is 379 g/mol. The molecule has 4 fully saturated rings. The van der Waals surface area contributed by atoms with E-state index in [1.807, 2.05) is 0 Å². The van der Waals surface area contributed by atoms with Crippen LogP contribution >= 0.6 is 0 Å². The maximum Gasteiger partial charge on any atom is 0.231 e. The Labute approximate surface area is 164 Å². The summed E-state index contributed by atoms with van der Waals surface area (Å²) >= 11 is 0. The fourth-order valence-corrected chi connectivity index (χ4v) is 6.05. The van der Waals surface area contributed by atoms with E-state index < -0.39 is 0 Å².